The van der Waals surface area contributed by atoms with Gasteiger partial charge in [0.25, 0.3) is 0 Å². The number of allylic oxidation sites excluding steroid dienone is 1. The minimum atomic E-state index is -0.100. The van der Waals surface area contributed by atoms with Crippen molar-refractivity contribution in [2.45, 2.75) is 103 Å². The molecular weight excluding hydrogens is 370 g/mol. The van der Waals surface area contributed by atoms with Crippen LogP contribution in [0.1, 0.15) is 85.5 Å². The molecule has 11 atom stereocenters. The van der Waals surface area contributed by atoms with Crippen molar-refractivity contribution in [3.8, 4) is 0 Å². The summed E-state index contributed by atoms with van der Waals surface area (Å²) in [6.07, 6.45) is 13.8. The maximum atomic E-state index is 10.3. The van der Waals surface area contributed by atoms with Gasteiger partial charge in [-0.05, 0) is 98.2 Å². The highest BCUT2D eigenvalue weighted by Crippen LogP contribution is 2.70. The van der Waals surface area contributed by atoms with Gasteiger partial charge in [0.1, 0.15) is 5.72 Å². The molecule has 30 heavy (non-hydrogen) atoms. The molecule has 5 fully saturated rings. The molecule has 0 aromatic rings. The maximum Gasteiger partial charge on any atom is 0.122 e. The summed E-state index contributed by atoms with van der Waals surface area (Å²) in [6.45, 7) is 11.2. The lowest BCUT2D eigenvalue weighted by Crippen LogP contribution is -2.57. The van der Waals surface area contributed by atoms with Crippen molar-refractivity contribution >= 4 is 0 Å². The second kappa shape index (κ2) is 6.58. The molecule has 2 aliphatic heterocycles. The summed E-state index contributed by atoms with van der Waals surface area (Å²) in [5, 5.41) is 14.1. The van der Waals surface area contributed by atoms with Crippen LogP contribution in [-0.4, -0.2) is 29.6 Å². The third kappa shape index (κ3) is 2.55. The van der Waals surface area contributed by atoms with Gasteiger partial charge < -0.3 is 9.84 Å². The van der Waals surface area contributed by atoms with E-state index in [-0.39, 0.29) is 11.8 Å². The van der Waals surface area contributed by atoms with Gasteiger partial charge in [-0.1, -0.05) is 39.3 Å². The molecular formula is C27H43NO2. The Bertz CT molecular complexity index is 739. The first kappa shape index (κ1) is 20.2. The standard InChI is InChI=1S/C27H43NO2/c1-16-7-12-27(28-15-16)17(2)24-23(30-27)14-22-20-6-5-18-13-19(29)8-10-25(18,3)21(20)9-11-26(22,24)4/h5,16-17,19-24,28-29H,6-15H2,1-4H3/t16-,17+,19+,20-,21+,22+,23+,24?,25+,26+,27-/m1/s1. The van der Waals surface area contributed by atoms with Crippen LogP contribution in [0.5, 0.6) is 0 Å². The molecule has 0 bridgehead atoms. The van der Waals surface area contributed by atoms with Crippen LogP contribution < -0.4 is 5.32 Å². The quantitative estimate of drug-likeness (QED) is 0.530. The van der Waals surface area contributed by atoms with Crippen LogP contribution in [0, 0.1) is 46.3 Å². The highest BCUT2D eigenvalue weighted by molar-refractivity contribution is 5.26. The summed E-state index contributed by atoms with van der Waals surface area (Å²) in [5.74, 6) is 4.58. The number of nitrogens with one attached hydrogen (secondary N) is 1. The molecule has 0 aromatic carbocycles. The largest absolute Gasteiger partial charge is 0.393 e. The Labute approximate surface area is 183 Å². The number of aliphatic hydroxyl groups excluding tert-OH is 1. The second-order valence-corrected chi connectivity index (χ2v) is 12.8. The molecule has 0 amide bonds. The Hall–Kier alpha value is -0.380. The molecule has 3 heteroatoms. The van der Waals surface area contributed by atoms with Crippen molar-refractivity contribution < 1.29 is 9.84 Å². The molecule has 3 saturated carbocycles. The molecule has 3 nitrogen and oxygen atoms in total. The maximum absolute atomic E-state index is 10.3. The molecule has 1 spiro atoms. The first-order valence-electron chi connectivity index (χ1n) is 13.1. The van der Waals surface area contributed by atoms with Crippen LogP contribution in [0.3, 0.4) is 0 Å². The van der Waals surface area contributed by atoms with Crippen molar-refractivity contribution in [2.75, 3.05) is 6.54 Å². The number of fused-ring (bicyclic) bond motifs is 7. The molecule has 0 aromatic heterocycles. The normalized spacial score (nSPS) is 59.8. The number of hydrogen-bond donors (Lipinski definition) is 2. The number of ether oxygens (including phenoxy) is 1. The van der Waals surface area contributed by atoms with Gasteiger partial charge >= 0.3 is 0 Å². The minimum absolute atomic E-state index is 0.0439. The number of hydrogen-bond acceptors (Lipinski definition) is 3. The molecule has 1 unspecified atom stereocenters. The fourth-order valence-electron chi connectivity index (χ4n) is 9.84. The van der Waals surface area contributed by atoms with Crippen LogP contribution >= 0.6 is 0 Å². The monoisotopic (exact) mass is 413 g/mol. The van der Waals surface area contributed by atoms with Gasteiger partial charge in [-0.15, -0.1) is 0 Å². The van der Waals surface area contributed by atoms with E-state index in [0.717, 1.165) is 49.0 Å². The Morgan fingerprint density at radius 1 is 1.07 bits per heavy atom. The molecule has 4 aliphatic carbocycles. The van der Waals surface area contributed by atoms with E-state index < -0.39 is 0 Å². The number of piperidine rings is 1. The van der Waals surface area contributed by atoms with Gasteiger partial charge in [0.15, 0.2) is 0 Å². The van der Waals surface area contributed by atoms with E-state index in [2.05, 4.69) is 39.1 Å². The summed E-state index contributed by atoms with van der Waals surface area (Å²) >= 11 is 0. The van der Waals surface area contributed by atoms with Gasteiger partial charge in [0.05, 0.1) is 12.2 Å². The first-order valence-corrected chi connectivity index (χ1v) is 13.1. The van der Waals surface area contributed by atoms with Gasteiger partial charge in [-0.25, -0.2) is 0 Å². The van der Waals surface area contributed by atoms with Gasteiger partial charge in [0, 0.05) is 12.5 Å². The Balaban J connectivity index is 1.28. The minimum Gasteiger partial charge on any atom is -0.393 e. The summed E-state index contributed by atoms with van der Waals surface area (Å²) in [4.78, 5) is 0. The van der Waals surface area contributed by atoms with Crippen molar-refractivity contribution in [3.05, 3.63) is 11.6 Å². The first-order chi connectivity index (χ1) is 14.3. The number of aliphatic hydroxyl groups is 1. The van der Waals surface area contributed by atoms with Crippen molar-refractivity contribution in [1.29, 1.82) is 0 Å². The van der Waals surface area contributed by atoms with Crippen molar-refractivity contribution in [3.63, 3.8) is 0 Å². The van der Waals surface area contributed by atoms with Crippen LogP contribution in [0.25, 0.3) is 0 Å². The van der Waals surface area contributed by atoms with E-state index in [1.54, 1.807) is 5.57 Å². The fourth-order valence-corrected chi connectivity index (χ4v) is 9.84. The van der Waals surface area contributed by atoms with E-state index in [0.29, 0.717) is 22.9 Å². The third-order valence-corrected chi connectivity index (χ3v) is 11.6. The Morgan fingerprint density at radius 2 is 1.90 bits per heavy atom. The van der Waals surface area contributed by atoms with Crippen LogP contribution in [0.2, 0.25) is 0 Å². The zero-order chi connectivity index (χ0) is 20.9. The molecule has 2 heterocycles. The van der Waals surface area contributed by atoms with E-state index in [4.69, 9.17) is 4.74 Å². The molecule has 6 rings (SSSR count). The van der Waals surface area contributed by atoms with Crippen molar-refractivity contribution in [1.82, 2.24) is 5.32 Å². The molecule has 0 radical (unpaired) electrons. The van der Waals surface area contributed by atoms with E-state index in [1.165, 1.54) is 44.9 Å². The zero-order valence-electron chi connectivity index (χ0n) is 19.6. The van der Waals surface area contributed by atoms with Crippen LogP contribution in [0.15, 0.2) is 11.6 Å². The zero-order valence-corrected chi connectivity index (χ0v) is 19.6. The van der Waals surface area contributed by atoms with Gasteiger partial charge in [-0.2, -0.15) is 0 Å². The Kier molecular flexibility index (Phi) is 4.44. The molecule has 2 N–H and O–H groups in total. The van der Waals surface area contributed by atoms with Gasteiger partial charge in [-0.3, -0.25) is 5.32 Å². The average Bonchev–Trinajstić information content (AvgIpc) is 3.16. The SMILES string of the molecule is C[C@@H]1CC[C@@]2(NC1)O[C@H]1C[C@H]3[C@@H]4CC=C5C[C@@H](O)CC[C@]5(C)[C@H]4CC[C@]3(C)C1[C@@H]2C. The van der Waals surface area contributed by atoms with E-state index >= 15 is 0 Å². The Morgan fingerprint density at radius 3 is 2.67 bits per heavy atom. The fraction of sp³-hybridized carbons (Fsp3) is 0.926. The molecule has 168 valence electrons. The smallest absolute Gasteiger partial charge is 0.122 e. The second-order valence-electron chi connectivity index (χ2n) is 12.8. The molecule has 6 aliphatic rings. The van der Waals surface area contributed by atoms with Crippen LogP contribution in [0.4, 0.5) is 0 Å². The predicted octanol–water partition coefficient (Wildman–Crippen LogP) is 5.29. The highest BCUT2D eigenvalue weighted by atomic mass is 16.5. The summed E-state index contributed by atoms with van der Waals surface area (Å²) in [5.41, 5.74) is 2.33. The summed E-state index contributed by atoms with van der Waals surface area (Å²) in [6, 6.07) is 0. The summed E-state index contributed by atoms with van der Waals surface area (Å²) in [7, 11) is 0. The lowest BCUT2D eigenvalue weighted by molar-refractivity contribution is -0.115. The number of rotatable bonds is 0. The van der Waals surface area contributed by atoms with E-state index in [9.17, 15) is 5.11 Å². The topological polar surface area (TPSA) is 41.5 Å². The lowest BCUT2D eigenvalue weighted by atomic mass is 9.47. The van der Waals surface area contributed by atoms with E-state index in [1.807, 2.05) is 0 Å². The molecule has 2 saturated heterocycles. The van der Waals surface area contributed by atoms with Crippen LogP contribution in [-0.2, 0) is 4.74 Å². The van der Waals surface area contributed by atoms with Crippen molar-refractivity contribution in [2.24, 2.45) is 46.3 Å². The summed E-state index contributed by atoms with van der Waals surface area (Å²) < 4.78 is 7.00. The van der Waals surface area contributed by atoms with Gasteiger partial charge in [0.2, 0.25) is 0 Å². The average molecular weight is 414 g/mol. The third-order valence-electron chi connectivity index (χ3n) is 11.6. The highest BCUT2D eigenvalue weighted by Gasteiger charge is 2.68. The predicted molar refractivity (Wildman–Crippen MR) is 120 cm³/mol. The lowest BCUT2D eigenvalue weighted by Gasteiger charge is -2.58.